The normalized spacial score (nSPS) is 11.0. The van der Waals surface area contributed by atoms with Gasteiger partial charge in [-0.1, -0.05) is 29.3 Å². The molecule has 0 heterocycles. The Balaban J connectivity index is 2.41. The van der Waals surface area contributed by atoms with Gasteiger partial charge in [0.2, 0.25) is 0 Å². The van der Waals surface area contributed by atoms with E-state index in [2.05, 4.69) is 4.72 Å². The van der Waals surface area contributed by atoms with E-state index in [9.17, 15) is 8.42 Å². The van der Waals surface area contributed by atoms with Crippen LogP contribution in [-0.2, 0) is 10.0 Å². The molecule has 6 heteroatoms. The summed E-state index contributed by atoms with van der Waals surface area (Å²) in [4.78, 5) is -0.0526. The van der Waals surface area contributed by atoms with E-state index in [-0.39, 0.29) is 9.92 Å². The molecule has 0 aliphatic rings. The van der Waals surface area contributed by atoms with Crippen molar-refractivity contribution in [3.8, 4) is 6.07 Å². The number of anilines is 1. The Morgan fingerprint density at radius 2 is 1.86 bits per heavy atom. The molecule has 0 atom stereocenters. The molecule has 108 valence electrons. The van der Waals surface area contributed by atoms with E-state index < -0.39 is 10.0 Å². The molecule has 0 bridgehead atoms. The molecule has 1 N–H and O–H groups in total. The smallest absolute Gasteiger partial charge is 0.263 e. The number of halogens is 1. The summed E-state index contributed by atoms with van der Waals surface area (Å²) in [7, 11) is -3.80. The second-order valence-corrected chi connectivity index (χ2v) is 6.74. The summed E-state index contributed by atoms with van der Waals surface area (Å²) in [6.45, 7) is 3.76. The van der Waals surface area contributed by atoms with Crippen molar-refractivity contribution >= 4 is 27.3 Å². The zero-order valence-electron chi connectivity index (χ0n) is 11.5. The largest absolute Gasteiger partial charge is 0.279 e. The zero-order valence-corrected chi connectivity index (χ0v) is 13.1. The molecule has 0 radical (unpaired) electrons. The Morgan fingerprint density at radius 1 is 1.14 bits per heavy atom. The standard InChI is InChI=1S/C15H13ClN2O2S/c1-10-3-5-14(11(2)7-10)18-21(19,20)15-6-4-12(9-17)8-13(15)16/h3-8,18H,1-2H3. The topological polar surface area (TPSA) is 70.0 Å². The molecule has 0 aliphatic carbocycles. The van der Waals surface area contributed by atoms with Crippen LogP contribution in [0, 0.1) is 25.2 Å². The second-order valence-electron chi connectivity index (χ2n) is 4.68. The first-order valence-electron chi connectivity index (χ1n) is 6.13. The fourth-order valence-corrected chi connectivity index (χ4v) is 3.59. The van der Waals surface area contributed by atoms with Crippen molar-refractivity contribution in [2.45, 2.75) is 18.7 Å². The predicted octanol–water partition coefficient (Wildman–Crippen LogP) is 3.63. The summed E-state index contributed by atoms with van der Waals surface area (Å²) in [5.41, 5.74) is 2.68. The van der Waals surface area contributed by atoms with Crippen LogP contribution >= 0.6 is 11.6 Å². The van der Waals surface area contributed by atoms with E-state index >= 15 is 0 Å². The highest BCUT2D eigenvalue weighted by molar-refractivity contribution is 7.92. The first kappa shape index (κ1) is 15.4. The van der Waals surface area contributed by atoms with Crippen LogP contribution < -0.4 is 4.72 Å². The molecule has 0 aromatic heterocycles. The van der Waals surface area contributed by atoms with Crippen LogP contribution in [-0.4, -0.2) is 8.42 Å². The number of nitrogens with one attached hydrogen (secondary N) is 1. The highest BCUT2D eigenvalue weighted by atomic mass is 35.5. The minimum Gasteiger partial charge on any atom is -0.279 e. The molecule has 21 heavy (non-hydrogen) atoms. The van der Waals surface area contributed by atoms with Crippen LogP contribution in [0.2, 0.25) is 5.02 Å². The summed E-state index contributed by atoms with van der Waals surface area (Å²) in [6.07, 6.45) is 0. The number of hydrogen-bond acceptors (Lipinski definition) is 3. The fraction of sp³-hybridized carbons (Fsp3) is 0.133. The van der Waals surface area contributed by atoms with Crippen molar-refractivity contribution in [2.75, 3.05) is 4.72 Å². The van der Waals surface area contributed by atoms with Gasteiger partial charge in [0, 0.05) is 0 Å². The SMILES string of the molecule is Cc1ccc(NS(=O)(=O)c2ccc(C#N)cc2Cl)c(C)c1. The molecule has 0 saturated carbocycles. The predicted molar refractivity (Wildman–Crippen MR) is 82.9 cm³/mol. The second kappa shape index (κ2) is 5.76. The van der Waals surface area contributed by atoms with Crippen LogP contribution in [0.1, 0.15) is 16.7 Å². The summed E-state index contributed by atoms with van der Waals surface area (Å²) < 4.78 is 27.3. The van der Waals surface area contributed by atoms with Gasteiger partial charge < -0.3 is 0 Å². The molecule has 0 aliphatic heterocycles. The van der Waals surface area contributed by atoms with Gasteiger partial charge in [0.1, 0.15) is 4.90 Å². The minimum atomic E-state index is -3.80. The molecule has 0 amide bonds. The maximum Gasteiger partial charge on any atom is 0.263 e. The number of nitrogens with zero attached hydrogens (tertiary/aromatic N) is 1. The molecule has 0 unspecified atom stereocenters. The van der Waals surface area contributed by atoms with Gasteiger partial charge in [-0.15, -0.1) is 0 Å². The van der Waals surface area contributed by atoms with E-state index in [1.54, 1.807) is 6.07 Å². The van der Waals surface area contributed by atoms with Gasteiger partial charge in [0.05, 0.1) is 22.3 Å². The van der Waals surface area contributed by atoms with Gasteiger partial charge in [-0.05, 0) is 43.7 Å². The molecule has 2 aromatic rings. The third-order valence-electron chi connectivity index (χ3n) is 2.98. The van der Waals surface area contributed by atoms with Crippen molar-refractivity contribution in [1.82, 2.24) is 0 Å². The maximum absolute atomic E-state index is 12.4. The van der Waals surface area contributed by atoms with Crippen LogP contribution in [0.15, 0.2) is 41.3 Å². The monoisotopic (exact) mass is 320 g/mol. The highest BCUT2D eigenvalue weighted by Gasteiger charge is 2.19. The van der Waals surface area contributed by atoms with Gasteiger partial charge in [0.15, 0.2) is 0 Å². The van der Waals surface area contributed by atoms with Crippen molar-refractivity contribution in [3.63, 3.8) is 0 Å². The average Bonchev–Trinajstić information content (AvgIpc) is 2.41. The van der Waals surface area contributed by atoms with E-state index in [4.69, 9.17) is 16.9 Å². The summed E-state index contributed by atoms with van der Waals surface area (Å²) in [6, 6.07) is 11.4. The molecular formula is C15H13ClN2O2S. The number of hydrogen-bond donors (Lipinski definition) is 1. The Kier molecular flexibility index (Phi) is 4.21. The van der Waals surface area contributed by atoms with Gasteiger partial charge in [-0.25, -0.2) is 8.42 Å². The number of sulfonamides is 1. The lowest BCUT2D eigenvalue weighted by Gasteiger charge is -2.12. The lowest BCUT2D eigenvalue weighted by Crippen LogP contribution is -2.14. The lowest BCUT2D eigenvalue weighted by molar-refractivity contribution is 0.601. The third kappa shape index (κ3) is 3.35. The lowest BCUT2D eigenvalue weighted by atomic mass is 10.1. The van der Waals surface area contributed by atoms with Crippen molar-refractivity contribution < 1.29 is 8.42 Å². The molecule has 2 rings (SSSR count). The van der Waals surface area contributed by atoms with Crippen molar-refractivity contribution in [1.29, 1.82) is 5.26 Å². The van der Waals surface area contributed by atoms with E-state index in [0.29, 0.717) is 11.3 Å². The van der Waals surface area contributed by atoms with Gasteiger partial charge in [-0.2, -0.15) is 5.26 Å². The zero-order chi connectivity index (χ0) is 15.6. The summed E-state index contributed by atoms with van der Waals surface area (Å²) in [5, 5.41) is 8.80. The minimum absolute atomic E-state index is 0.0197. The Bertz CT molecular complexity index is 839. The molecule has 0 fully saturated rings. The average molecular weight is 321 g/mol. The first-order valence-corrected chi connectivity index (χ1v) is 7.99. The first-order chi connectivity index (χ1) is 9.83. The third-order valence-corrected chi connectivity index (χ3v) is 4.83. The molecule has 4 nitrogen and oxygen atoms in total. The van der Waals surface area contributed by atoms with Crippen molar-refractivity contribution in [3.05, 3.63) is 58.1 Å². The highest BCUT2D eigenvalue weighted by Crippen LogP contribution is 2.26. The molecular weight excluding hydrogens is 308 g/mol. The van der Waals surface area contributed by atoms with E-state index in [1.807, 2.05) is 32.0 Å². The van der Waals surface area contributed by atoms with Gasteiger partial charge >= 0.3 is 0 Å². The number of rotatable bonds is 3. The Labute approximate surface area is 129 Å². The van der Waals surface area contributed by atoms with Crippen LogP contribution in [0.5, 0.6) is 0 Å². The fourth-order valence-electron chi connectivity index (χ4n) is 1.92. The number of aryl methyl sites for hydroxylation is 2. The Hall–Kier alpha value is -2.03. The Morgan fingerprint density at radius 3 is 2.43 bits per heavy atom. The molecule has 0 spiro atoms. The quantitative estimate of drug-likeness (QED) is 0.938. The van der Waals surface area contributed by atoms with Gasteiger partial charge in [-0.3, -0.25) is 4.72 Å². The van der Waals surface area contributed by atoms with E-state index in [1.165, 1.54) is 18.2 Å². The molecule has 2 aromatic carbocycles. The maximum atomic E-state index is 12.4. The van der Waals surface area contributed by atoms with Crippen LogP contribution in [0.4, 0.5) is 5.69 Å². The molecule has 0 saturated heterocycles. The van der Waals surface area contributed by atoms with Gasteiger partial charge in [0.25, 0.3) is 10.0 Å². The van der Waals surface area contributed by atoms with Crippen LogP contribution in [0.25, 0.3) is 0 Å². The van der Waals surface area contributed by atoms with Crippen molar-refractivity contribution in [2.24, 2.45) is 0 Å². The summed E-state index contributed by atoms with van der Waals surface area (Å²) in [5.74, 6) is 0. The number of benzene rings is 2. The van der Waals surface area contributed by atoms with E-state index in [0.717, 1.165) is 11.1 Å². The summed E-state index contributed by atoms with van der Waals surface area (Å²) >= 11 is 5.95. The number of nitriles is 1. The van der Waals surface area contributed by atoms with Crippen LogP contribution in [0.3, 0.4) is 0 Å².